The maximum atomic E-state index is 12.1. The molecule has 4 N–H and O–H groups in total. The van der Waals surface area contributed by atoms with E-state index in [1.165, 1.54) is 16.7 Å². The van der Waals surface area contributed by atoms with Crippen molar-refractivity contribution in [2.24, 2.45) is 0 Å². The van der Waals surface area contributed by atoms with Gasteiger partial charge in [-0.3, -0.25) is 4.79 Å². The zero-order valence-electron chi connectivity index (χ0n) is 20.2. The summed E-state index contributed by atoms with van der Waals surface area (Å²) >= 11 is 0. The first-order valence-corrected chi connectivity index (χ1v) is 11.0. The van der Waals surface area contributed by atoms with Crippen LogP contribution in [0.2, 0.25) is 0 Å². The van der Waals surface area contributed by atoms with Crippen LogP contribution in [0.1, 0.15) is 27.4 Å². The van der Waals surface area contributed by atoms with Gasteiger partial charge < -0.3 is 25.5 Å². The van der Waals surface area contributed by atoms with Gasteiger partial charge in [-0.15, -0.1) is 10.2 Å². The van der Waals surface area contributed by atoms with Gasteiger partial charge in [0.05, 0.1) is 5.56 Å². The molecule has 0 aliphatic rings. The van der Waals surface area contributed by atoms with Gasteiger partial charge in [-0.05, 0) is 42.7 Å². The van der Waals surface area contributed by atoms with Crippen LogP contribution in [0.3, 0.4) is 0 Å². The van der Waals surface area contributed by atoms with Crippen LogP contribution >= 0.6 is 0 Å². The molecule has 4 rings (SSSR count). The highest BCUT2D eigenvalue weighted by Gasteiger charge is 2.14. The van der Waals surface area contributed by atoms with Gasteiger partial charge in [-0.2, -0.15) is 4.98 Å². The number of anilines is 3. The van der Waals surface area contributed by atoms with Gasteiger partial charge >= 0.3 is 0 Å². The highest BCUT2D eigenvalue weighted by molar-refractivity contribution is 5.95. The Morgan fingerprint density at radius 2 is 1.86 bits per heavy atom. The van der Waals surface area contributed by atoms with E-state index in [0.29, 0.717) is 23.0 Å². The number of nitrogens with zero attached hydrogens (tertiary/aromatic N) is 5. The molecule has 4 aromatic rings. The maximum absolute atomic E-state index is 12.1. The average molecular weight is 476 g/mol. The molecule has 0 spiro atoms. The Morgan fingerprint density at radius 1 is 1.11 bits per heavy atom. The van der Waals surface area contributed by atoms with Crippen LogP contribution in [0.15, 0.2) is 59.1 Å². The van der Waals surface area contributed by atoms with E-state index in [-0.39, 0.29) is 24.2 Å². The first kappa shape index (κ1) is 25.3. The molecule has 2 heterocycles. The molecule has 35 heavy (non-hydrogen) atoms. The predicted octanol–water partition coefficient (Wildman–Crippen LogP) is 3.39. The molecule has 182 valence electrons. The lowest BCUT2D eigenvalue weighted by Crippen LogP contribution is -2.22. The molecule has 2 aromatic heterocycles. The third kappa shape index (κ3) is 6.84. The average Bonchev–Trinajstić information content (AvgIpc) is 3.26. The van der Waals surface area contributed by atoms with Crippen molar-refractivity contribution in [3.8, 4) is 11.5 Å². The zero-order chi connectivity index (χ0) is 25.4. The number of aromatic nitrogens is 4. The van der Waals surface area contributed by atoms with Gasteiger partial charge in [-0.25, -0.2) is 4.98 Å². The lowest BCUT2D eigenvalue weighted by atomic mass is 10.1. The van der Waals surface area contributed by atoms with Crippen molar-refractivity contribution in [2.45, 2.75) is 20.3 Å². The molecule has 0 fully saturated rings. The molecular formula is C25H29N7O3. The molecule has 0 saturated heterocycles. The SMILES string of the molecule is Cc1nnc(-c2cnc(Nc3ccc(C(=O)N(C)C)c(C)c3)nc2N)o1.OCCc1ccccc1. The smallest absolute Gasteiger partial charge is 0.253 e. The Kier molecular flexibility index (Phi) is 8.47. The summed E-state index contributed by atoms with van der Waals surface area (Å²) < 4.78 is 5.34. The Labute approximate surface area is 203 Å². The number of carbonyl (C=O) groups excluding carboxylic acids is 1. The molecule has 0 radical (unpaired) electrons. The van der Waals surface area contributed by atoms with Gasteiger partial charge in [-0.1, -0.05) is 30.3 Å². The maximum Gasteiger partial charge on any atom is 0.253 e. The monoisotopic (exact) mass is 475 g/mol. The normalized spacial score (nSPS) is 10.3. The summed E-state index contributed by atoms with van der Waals surface area (Å²) in [5.41, 5.74) is 9.88. The van der Waals surface area contributed by atoms with Crippen molar-refractivity contribution in [2.75, 3.05) is 31.8 Å². The summed E-state index contributed by atoms with van der Waals surface area (Å²) in [5.74, 6) is 1.21. The number of hydrogen-bond acceptors (Lipinski definition) is 9. The molecule has 10 heteroatoms. The van der Waals surface area contributed by atoms with Gasteiger partial charge in [0.1, 0.15) is 5.82 Å². The van der Waals surface area contributed by atoms with Crippen molar-refractivity contribution in [1.82, 2.24) is 25.1 Å². The number of rotatable bonds is 6. The lowest BCUT2D eigenvalue weighted by Gasteiger charge is -2.14. The van der Waals surface area contributed by atoms with Crippen LogP contribution in [-0.4, -0.2) is 56.8 Å². The minimum Gasteiger partial charge on any atom is -0.421 e. The second-order valence-corrected chi connectivity index (χ2v) is 7.93. The third-order valence-electron chi connectivity index (χ3n) is 4.94. The van der Waals surface area contributed by atoms with Crippen LogP contribution in [0.5, 0.6) is 0 Å². The molecule has 0 unspecified atom stereocenters. The molecule has 10 nitrogen and oxygen atoms in total. The van der Waals surface area contributed by atoms with E-state index < -0.39 is 0 Å². The predicted molar refractivity (Wildman–Crippen MR) is 134 cm³/mol. The molecule has 0 aliphatic carbocycles. The summed E-state index contributed by atoms with van der Waals surface area (Å²) in [6.45, 7) is 3.80. The number of aliphatic hydroxyl groups excluding tert-OH is 1. The lowest BCUT2D eigenvalue weighted by molar-refractivity contribution is 0.0827. The van der Waals surface area contributed by atoms with Crippen molar-refractivity contribution in [3.05, 3.63) is 77.3 Å². The molecule has 1 amide bonds. The van der Waals surface area contributed by atoms with E-state index in [9.17, 15) is 4.79 Å². The Bertz CT molecular complexity index is 1270. The van der Waals surface area contributed by atoms with E-state index in [1.807, 2.05) is 43.3 Å². The highest BCUT2D eigenvalue weighted by Crippen LogP contribution is 2.25. The van der Waals surface area contributed by atoms with Gasteiger partial charge in [0.15, 0.2) is 0 Å². The summed E-state index contributed by atoms with van der Waals surface area (Å²) in [7, 11) is 3.44. The van der Waals surface area contributed by atoms with E-state index in [4.69, 9.17) is 15.3 Å². The highest BCUT2D eigenvalue weighted by atomic mass is 16.4. The van der Waals surface area contributed by atoms with E-state index in [2.05, 4.69) is 25.5 Å². The van der Waals surface area contributed by atoms with Crippen LogP contribution in [0.4, 0.5) is 17.5 Å². The van der Waals surface area contributed by atoms with Crippen molar-refractivity contribution in [3.63, 3.8) is 0 Å². The number of nitrogens with two attached hydrogens (primary N) is 1. The summed E-state index contributed by atoms with van der Waals surface area (Å²) in [4.78, 5) is 22.1. The van der Waals surface area contributed by atoms with Crippen molar-refractivity contribution < 1.29 is 14.3 Å². The fourth-order valence-corrected chi connectivity index (χ4v) is 3.15. The number of hydrogen-bond donors (Lipinski definition) is 3. The van der Waals surface area contributed by atoms with Crippen LogP contribution < -0.4 is 11.1 Å². The molecule has 0 atom stereocenters. The quantitative estimate of drug-likeness (QED) is 0.382. The van der Waals surface area contributed by atoms with Crippen molar-refractivity contribution >= 4 is 23.4 Å². The van der Waals surface area contributed by atoms with Gasteiger partial charge in [0.25, 0.3) is 11.8 Å². The van der Waals surface area contributed by atoms with E-state index in [0.717, 1.165) is 17.7 Å². The van der Waals surface area contributed by atoms with Gasteiger partial charge in [0, 0.05) is 45.1 Å². The Hall–Kier alpha value is -4.31. The molecular weight excluding hydrogens is 446 g/mol. The van der Waals surface area contributed by atoms with Crippen LogP contribution in [-0.2, 0) is 6.42 Å². The first-order chi connectivity index (χ1) is 16.8. The van der Waals surface area contributed by atoms with Crippen LogP contribution in [0.25, 0.3) is 11.5 Å². The molecule has 0 saturated carbocycles. The number of nitrogen functional groups attached to an aromatic ring is 1. The minimum atomic E-state index is -0.0475. The Balaban J connectivity index is 0.000000320. The fraction of sp³-hybridized carbons (Fsp3) is 0.240. The largest absolute Gasteiger partial charge is 0.421 e. The number of aryl methyl sites for hydroxylation is 2. The second kappa shape index (κ2) is 11.7. The second-order valence-electron chi connectivity index (χ2n) is 7.93. The summed E-state index contributed by atoms with van der Waals surface area (Å²) in [6, 6.07) is 15.4. The first-order valence-electron chi connectivity index (χ1n) is 11.0. The summed E-state index contributed by atoms with van der Waals surface area (Å²) in [5, 5.41) is 19.3. The Morgan fingerprint density at radius 3 is 2.43 bits per heavy atom. The minimum absolute atomic E-state index is 0.0475. The standard InChI is InChI=1S/C17H19N7O2.C8H10O/c1-9-7-11(5-6-12(9)16(25)24(3)4)20-17-19-8-13(14(18)21-17)15-23-22-10(2)26-15;9-7-6-8-4-2-1-3-5-8/h5-8H,1-4H3,(H3,18,19,20,21);1-5,9H,6-7H2. The molecule has 2 aromatic carbocycles. The molecule has 0 aliphatic heterocycles. The van der Waals surface area contributed by atoms with Crippen molar-refractivity contribution in [1.29, 1.82) is 0 Å². The number of benzene rings is 2. The number of carbonyl (C=O) groups is 1. The number of amides is 1. The van der Waals surface area contributed by atoms with E-state index in [1.54, 1.807) is 33.2 Å². The molecule has 0 bridgehead atoms. The third-order valence-corrected chi connectivity index (χ3v) is 4.94. The van der Waals surface area contributed by atoms with Gasteiger partial charge in [0.2, 0.25) is 11.8 Å². The summed E-state index contributed by atoms with van der Waals surface area (Å²) in [6.07, 6.45) is 2.29. The zero-order valence-corrected chi connectivity index (χ0v) is 20.2. The number of aliphatic hydroxyl groups is 1. The van der Waals surface area contributed by atoms with Crippen LogP contribution in [0, 0.1) is 13.8 Å². The number of nitrogens with one attached hydrogen (secondary N) is 1. The topological polar surface area (TPSA) is 143 Å². The fourth-order valence-electron chi connectivity index (χ4n) is 3.15. The van der Waals surface area contributed by atoms with E-state index >= 15 is 0 Å².